The van der Waals surface area contributed by atoms with Gasteiger partial charge in [0.2, 0.25) is 0 Å². The van der Waals surface area contributed by atoms with E-state index in [1.54, 1.807) is 0 Å². The molecule has 1 aromatic heterocycles. The summed E-state index contributed by atoms with van der Waals surface area (Å²) in [6.45, 7) is 3.21. The highest BCUT2D eigenvalue weighted by atomic mass is 15.3. The van der Waals surface area contributed by atoms with E-state index in [2.05, 4.69) is 40.1 Å². The van der Waals surface area contributed by atoms with Gasteiger partial charge in [0.05, 0.1) is 17.4 Å². The molecule has 114 valence electrons. The first-order valence-electron chi connectivity index (χ1n) is 8.19. The van der Waals surface area contributed by atoms with Crippen LogP contribution in [0.5, 0.6) is 0 Å². The number of nitrogens with zero attached hydrogens (tertiary/aromatic N) is 2. The zero-order chi connectivity index (χ0) is 14.7. The highest BCUT2D eigenvalue weighted by molar-refractivity contribution is 5.74. The molecule has 0 saturated heterocycles. The summed E-state index contributed by atoms with van der Waals surface area (Å²) in [6.07, 6.45) is 8.56. The molecular weight excluding hydrogens is 260 g/mol. The van der Waals surface area contributed by atoms with Gasteiger partial charge in [-0.1, -0.05) is 44.7 Å². The molecule has 2 aromatic rings. The summed E-state index contributed by atoms with van der Waals surface area (Å²) in [5, 5.41) is 0. The summed E-state index contributed by atoms with van der Waals surface area (Å²) in [7, 11) is 0. The number of hydrogen-bond acceptors (Lipinski definition) is 3. The molecule has 1 heterocycles. The minimum atomic E-state index is 0.327. The second-order valence-corrected chi connectivity index (χ2v) is 6.28. The van der Waals surface area contributed by atoms with Crippen LogP contribution in [0.2, 0.25) is 0 Å². The normalized spacial score (nSPS) is 24.3. The van der Waals surface area contributed by atoms with Gasteiger partial charge in [-0.25, -0.2) is 4.98 Å². The van der Waals surface area contributed by atoms with Crippen LogP contribution in [0, 0.1) is 11.8 Å². The molecule has 0 spiro atoms. The molecule has 1 aliphatic carbocycles. The van der Waals surface area contributed by atoms with Crippen molar-refractivity contribution >= 4 is 11.0 Å². The summed E-state index contributed by atoms with van der Waals surface area (Å²) in [6, 6.07) is 8.63. The van der Waals surface area contributed by atoms with Crippen molar-refractivity contribution in [3.05, 3.63) is 30.6 Å². The molecule has 1 saturated carbocycles. The number of hydrogen-bond donors (Lipinski definition) is 2. The van der Waals surface area contributed by atoms with E-state index >= 15 is 0 Å². The highest BCUT2D eigenvalue weighted by Gasteiger charge is 2.30. The molecule has 1 aromatic carbocycles. The molecule has 3 unspecified atom stereocenters. The van der Waals surface area contributed by atoms with Crippen LogP contribution in [0.25, 0.3) is 11.0 Å². The standard InChI is InChI=1S/C17H26N4/c1-2-13-7-3-4-8-14(13)16(20-18)11-21-12-19-15-9-5-6-10-17(15)21/h5-6,9-10,12-14,16,20H,2-4,7-8,11,18H2,1H3. The number of imidazole rings is 1. The Morgan fingerprint density at radius 1 is 1.33 bits per heavy atom. The number of para-hydroxylation sites is 2. The molecule has 1 aliphatic rings. The van der Waals surface area contributed by atoms with Crippen molar-refractivity contribution in [1.29, 1.82) is 0 Å². The maximum absolute atomic E-state index is 5.90. The third-order valence-electron chi connectivity index (χ3n) is 5.14. The highest BCUT2D eigenvalue weighted by Crippen LogP contribution is 2.35. The molecule has 21 heavy (non-hydrogen) atoms. The summed E-state index contributed by atoms with van der Waals surface area (Å²) in [4.78, 5) is 4.48. The van der Waals surface area contributed by atoms with E-state index in [9.17, 15) is 0 Å². The number of aromatic nitrogens is 2. The average molecular weight is 286 g/mol. The van der Waals surface area contributed by atoms with Gasteiger partial charge in [-0.15, -0.1) is 0 Å². The van der Waals surface area contributed by atoms with Crippen molar-refractivity contribution in [1.82, 2.24) is 15.0 Å². The summed E-state index contributed by atoms with van der Waals surface area (Å²) in [5.74, 6) is 7.37. The van der Waals surface area contributed by atoms with E-state index in [1.807, 2.05) is 12.4 Å². The van der Waals surface area contributed by atoms with Gasteiger partial charge < -0.3 is 4.57 Å². The van der Waals surface area contributed by atoms with E-state index in [-0.39, 0.29) is 0 Å². The van der Waals surface area contributed by atoms with Gasteiger partial charge in [0.1, 0.15) is 0 Å². The van der Waals surface area contributed by atoms with Crippen molar-refractivity contribution < 1.29 is 0 Å². The predicted octanol–water partition coefficient (Wildman–Crippen LogP) is 3.08. The van der Waals surface area contributed by atoms with E-state index < -0.39 is 0 Å². The SMILES string of the molecule is CCC1CCCCC1C(Cn1cnc2ccccc21)NN. The Labute approximate surface area is 126 Å². The molecule has 4 heteroatoms. The quantitative estimate of drug-likeness (QED) is 0.656. The lowest BCUT2D eigenvalue weighted by atomic mass is 9.74. The lowest BCUT2D eigenvalue weighted by molar-refractivity contribution is 0.164. The van der Waals surface area contributed by atoms with E-state index in [1.165, 1.54) is 37.6 Å². The van der Waals surface area contributed by atoms with Crippen LogP contribution in [-0.2, 0) is 6.54 Å². The average Bonchev–Trinajstić information content (AvgIpc) is 2.95. The first kappa shape index (κ1) is 14.5. The minimum Gasteiger partial charge on any atom is -0.329 e. The Kier molecular flexibility index (Phi) is 4.56. The van der Waals surface area contributed by atoms with Crippen LogP contribution < -0.4 is 11.3 Å². The monoisotopic (exact) mass is 286 g/mol. The number of rotatable bonds is 5. The van der Waals surface area contributed by atoms with Crippen LogP contribution in [-0.4, -0.2) is 15.6 Å². The molecule has 3 atom stereocenters. The Bertz CT molecular complexity index is 577. The molecule has 3 N–H and O–H groups in total. The lowest BCUT2D eigenvalue weighted by Crippen LogP contribution is -2.47. The summed E-state index contributed by atoms with van der Waals surface area (Å²) < 4.78 is 2.24. The molecule has 3 rings (SSSR count). The molecule has 0 bridgehead atoms. The van der Waals surface area contributed by atoms with Crippen molar-refractivity contribution in [2.45, 2.75) is 51.6 Å². The van der Waals surface area contributed by atoms with Crippen LogP contribution in [0.3, 0.4) is 0 Å². The zero-order valence-corrected chi connectivity index (χ0v) is 12.8. The molecule has 1 fully saturated rings. The fraction of sp³-hybridized carbons (Fsp3) is 0.588. The maximum Gasteiger partial charge on any atom is 0.0958 e. The summed E-state index contributed by atoms with van der Waals surface area (Å²) in [5.41, 5.74) is 5.35. The van der Waals surface area contributed by atoms with Crippen LogP contribution in [0.1, 0.15) is 39.0 Å². The smallest absolute Gasteiger partial charge is 0.0958 e. The molecule has 0 aliphatic heterocycles. The third-order valence-corrected chi connectivity index (χ3v) is 5.14. The largest absolute Gasteiger partial charge is 0.329 e. The number of fused-ring (bicyclic) bond motifs is 1. The second-order valence-electron chi connectivity index (χ2n) is 6.28. The van der Waals surface area contributed by atoms with Crippen molar-refractivity contribution in [2.75, 3.05) is 0 Å². The third kappa shape index (κ3) is 2.97. The first-order valence-corrected chi connectivity index (χ1v) is 8.19. The molecule has 0 amide bonds. The van der Waals surface area contributed by atoms with Gasteiger partial charge in [-0.2, -0.15) is 0 Å². The predicted molar refractivity (Wildman–Crippen MR) is 86.6 cm³/mol. The number of nitrogens with two attached hydrogens (primary N) is 1. The summed E-state index contributed by atoms with van der Waals surface area (Å²) >= 11 is 0. The first-order chi connectivity index (χ1) is 10.3. The lowest BCUT2D eigenvalue weighted by Gasteiger charge is -2.36. The molecular formula is C17H26N4. The Morgan fingerprint density at radius 3 is 2.95 bits per heavy atom. The topological polar surface area (TPSA) is 55.9 Å². The number of nitrogens with one attached hydrogen (secondary N) is 1. The van der Waals surface area contributed by atoms with Crippen molar-refractivity contribution in [3.63, 3.8) is 0 Å². The van der Waals surface area contributed by atoms with E-state index in [0.29, 0.717) is 12.0 Å². The van der Waals surface area contributed by atoms with Crippen LogP contribution in [0.4, 0.5) is 0 Å². The van der Waals surface area contributed by atoms with E-state index in [4.69, 9.17) is 5.84 Å². The Hall–Kier alpha value is -1.39. The van der Waals surface area contributed by atoms with Gasteiger partial charge in [0, 0.05) is 12.6 Å². The fourth-order valence-electron chi connectivity index (χ4n) is 3.95. The maximum atomic E-state index is 5.90. The number of hydrazine groups is 1. The van der Waals surface area contributed by atoms with Crippen LogP contribution in [0.15, 0.2) is 30.6 Å². The Morgan fingerprint density at radius 2 is 2.14 bits per heavy atom. The fourth-order valence-corrected chi connectivity index (χ4v) is 3.95. The Balaban J connectivity index is 1.80. The van der Waals surface area contributed by atoms with Gasteiger partial charge >= 0.3 is 0 Å². The van der Waals surface area contributed by atoms with Gasteiger partial charge in [0.15, 0.2) is 0 Å². The van der Waals surface area contributed by atoms with Gasteiger partial charge in [-0.05, 0) is 30.4 Å². The second kappa shape index (κ2) is 6.58. The zero-order valence-electron chi connectivity index (χ0n) is 12.8. The van der Waals surface area contributed by atoms with Crippen molar-refractivity contribution in [2.24, 2.45) is 17.7 Å². The van der Waals surface area contributed by atoms with E-state index in [0.717, 1.165) is 18.0 Å². The molecule has 4 nitrogen and oxygen atoms in total. The van der Waals surface area contributed by atoms with Crippen LogP contribution >= 0.6 is 0 Å². The molecule has 0 radical (unpaired) electrons. The van der Waals surface area contributed by atoms with Gasteiger partial charge in [-0.3, -0.25) is 11.3 Å². The minimum absolute atomic E-state index is 0.327. The number of benzene rings is 1. The van der Waals surface area contributed by atoms with Gasteiger partial charge in [0.25, 0.3) is 0 Å². The van der Waals surface area contributed by atoms with Crippen molar-refractivity contribution in [3.8, 4) is 0 Å².